The van der Waals surface area contributed by atoms with Gasteiger partial charge >= 0.3 is 4.87 Å². The Kier molecular flexibility index (Phi) is 6.51. The number of thiazole rings is 1. The summed E-state index contributed by atoms with van der Waals surface area (Å²) in [6.07, 6.45) is 0. The molecule has 2 aliphatic rings. The van der Waals surface area contributed by atoms with Gasteiger partial charge in [-0.1, -0.05) is 59.0 Å². The van der Waals surface area contributed by atoms with E-state index in [1.807, 2.05) is 48.5 Å². The summed E-state index contributed by atoms with van der Waals surface area (Å²) >= 11 is 8.30. The highest BCUT2D eigenvalue weighted by Crippen LogP contribution is 2.53. The Balaban J connectivity index is 1.31. The van der Waals surface area contributed by atoms with Gasteiger partial charge in [-0.15, -0.1) is 0 Å². The van der Waals surface area contributed by atoms with Crippen molar-refractivity contribution >= 4 is 52.2 Å². The van der Waals surface area contributed by atoms with E-state index < -0.39 is 17.1 Å². The SMILES string of the molecule is COc1ccc(N2C(=O)C3Sc4[nH]c(=O)sc4[C@H](c4ccc(OCc5ccc(Cl)cc5)cc4)C3C2=O)cc1. The predicted molar refractivity (Wildman–Crippen MR) is 148 cm³/mol. The van der Waals surface area contributed by atoms with Gasteiger partial charge in [0.1, 0.15) is 23.4 Å². The van der Waals surface area contributed by atoms with Crippen LogP contribution in [0.2, 0.25) is 5.02 Å². The van der Waals surface area contributed by atoms with Crippen LogP contribution in [0.1, 0.15) is 21.9 Å². The Morgan fingerprint density at radius 2 is 1.58 bits per heavy atom. The summed E-state index contributed by atoms with van der Waals surface area (Å²) in [5, 5.41) is 0.666. The van der Waals surface area contributed by atoms with Gasteiger partial charge in [-0.2, -0.15) is 0 Å². The molecule has 2 aliphatic heterocycles. The molecule has 2 amide bonds. The number of carbonyl (C=O) groups excluding carboxylic acids is 2. The number of hydrogen-bond donors (Lipinski definition) is 1. The van der Waals surface area contributed by atoms with E-state index >= 15 is 0 Å². The second-order valence-electron chi connectivity index (χ2n) is 8.94. The van der Waals surface area contributed by atoms with Crippen LogP contribution >= 0.6 is 34.7 Å². The van der Waals surface area contributed by atoms with Crippen molar-refractivity contribution in [3.63, 3.8) is 0 Å². The predicted octanol–water partition coefficient (Wildman–Crippen LogP) is 5.47. The highest BCUT2D eigenvalue weighted by atomic mass is 35.5. The third-order valence-corrected chi connectivity index (χ3v) is 9.37. The largest absolute Gasteiger partial charge is 0.497 e. The van der Waals surface area contributed by atoms with Gasteiger partial charge in [0.25, 0.3) is 0 Å². The maximum absolute atomic E-state index is 13.8. The third kappa shape index (κ3) is 4.40. The molecule has 3 heterocycles. The van der Waals surface area contributed by atoms with Crippen LogP contribution in [0.3, 0.4) is 0 Å². The summed E-state index contributed by atoms with van der Waals surface area (Å²) in [5.74, 6) is -0.352. The summed E-state index contributed by atoms with van der Waals surface area (Å²) in [4.78, 5) is 44.3. The fourth-order valence-corrected chi connectivity index (χ4v) is 7.52. The van der Waals surface area contributed by atoms with Crippen LogP contribution in [0.4, 0.5) is 5.69 Å². The average molecular weight is 565 g/mol. The number of hydrogen-bond acceptors (Lipinski definition) is 7. The number of ether oxygens (including phenoxy) is 2. The first-order valence-corrected chi connectivity index (χ1v) is 13.9. The Morgan fingerprint density at radius 1 is 0.895 bits per heavy atom. The van der Waals surface area contributed by atoms with Crippen LogP contribution in [0.25, 0.3) is 0 Å². The molecule has 1 N–H and O–H groups in total. The number of benzene rings is 3. The van der Waals surface area contributed by atoms with Crippen molar-refractivity contribution in [2.75, 3.05) is 12.0 Å². The minimum Gasteiger partial charge on any atom is -0.497 e. The number of amides is 2. The molecule has 3 atom stereocenters. The van der Waals surface area contributed by atoms with Crippen LogP contribution < -0.4 is 19.2 Å². The number of aromatic nitrogens is 1. The van der Waals surface area contributed by atoms with E-state index in [2.05, 4.69) is 4.98 Å². The number of imide groups is 1. The van der Waals surface area contributed by atoms with Gasteiger partial charge in [0, 0.05) is 15.8 Å². The summed E-state index contributed by atoms with van der Waals surface area (Å²) in [6, 6.07) is 21.8. The first-order chi connectivity index (χ1) is 18.4. The lowest BCUT2D eigenvalue weighted by molar-refractivity contribution is -0.122. The van der Waals surface area contributed by atoms with Gasteiger partial charge in [0.05, 0.1) is 23.7 Å². The highest BCUT2D eigenvalue weighted by Gasteiger charge is 2.56. The van der Waals surface area contributed by atoms with Gasteiger partial charge in [-0.05, 0) is 59.7 Å². The Bertz CT molecular complexity index is 1560. The lowest BCUT2D eigenvalue weighted by atomic mass is 9.83. The van der Waals surface area contributed by atoms with Crippen molar-refractivity contribution in [3.05, 3.63) is 103 Å². The zero-order valence-corrected chi connectivity index (χ0v) is 22.4. The molecule has 4 aromatic rings. The van der Waals surface area contributed by atoms with E-state index in [1.54, 1.807) is 31.4 Å². The quantitative estimate of drug-likeness (QED) is 0.312. The highest BCUT2D eigenvalue weighted by molar-refractivity contribution is 8.00. The standard InChI is InChI=1S/C28H21ClN2O5S2/c1-35-19-12-8-18(9-13-19)31-26(32)22-21(23-25(30-28(34)38-23)37-24(22)27(31)33)16-4-10-20(11-5-16)36-14-15-2-6-17(29)7-3-15/h2-13,21-22,24H,14H2,1H3,(H,30,34)/t21-,22?,24?/m1/s1. The summed E-state index contributed by atoms with van der Waals surface area (Å²) in [6.45, 7) is 0.384. The molecule has 3 aromatic carbocycles. The topological polar surface area (TPSA) is 88.7 Å². The van der Waals surface area contributed by atoms with E-state index in [4.69, 9.17) is 21.1 Å². The van der Waals surface area contributed by atoms with Crippen molar-refractivity contribution < 1.29 is 19.1 Å². The number of nitrogens with one attached hydrogen (secondary N) is 1. The normalized spacial score (nSPS) is 20.3. The minimum absolute atomic E-state index is 0.206. The molecule has 0 radical (unpaired) electrons. The van der Waals surface area contributed by atoms with Crippen LogP contribution in [0.15, 0.2) is 82.6 Å². The number of fused-ring (bicyclic) bond motifs is 2. The molecule has 192 valence electrons. The van der Waals surface area contributed by atoms with Crippen LogP contribution in [-0.2, 0) is 16.2 Å². The second-order valence-corrected chi connectivity index (χ2v) is 11.5. The fraction of sp³-hybridized carbons (Fsp3) is 0.179. The Labute approximate surface area is 231 Å². The third-order valence-electron chi connectivity index (χ3n) is 6.71. The van der Waals surface area contributed by atoms with Crippen LogP contribution in [0.5, 0.6) is 11.5 Å². The molecule has 0 saturated carbocycles. The zero-order chi connectivity index (χ0) is 26.4. The fourth-order valence-electron chi connectivity index (χ4n) is 4.88. The van der Waals surface area contributed by atoms with Crippen molar-refractivity contribution in [2.45, 2.75) is 22.8 Å². The monoisotopic (exact) mass is 564 g/mol. The van der Waals surface area contributed by atoms with Crippen molar-refractivity contribution in [1.29, 1.82) is 0 Å². The molecule has 38 heavy (non-hydrogen) atoms. The van der Waals surface area contributed by atoms with Crippen molar-refractivity contribution in [2.24, 2.45) is 5.92 Å². The zero-order valence-electron chi connectivity index (χ0n) is 20.1. The van der Waals surface area contributed by atoms with Gasteiger partial charge in [0.15, 0.2) is 0 Å². The molecule has 0 bridgehead atoms. The molecule has 0 spiro atoms. The first-order valence-electron chi connectivity index (χ1n) is 11.8. The average Bonchev–Trinajstić information content (AvgIpc) is 3.43. The molecule has 1 aromatic heterocycles. The first kappa shape index (κ1) is 24.8. The molecule has 6 rings (SSSR count). The number of halogens is 1. The number of anilines is 1. The van der Waals surface area contributed by atoms with E-state index in [9.17, 15) is 14.4 Å². The van der Waals surface area contributed by atoms with Crippen molar-refractivity contribution in [3.8, 4) is 11.5 Å². The van der Waals surface area contributed by atoms with Gasteiger partial charge < -0.3 is 14.5 Å². The number of H-pyrrole nitrogens is 1. The summed E-state index contributed by atoms with van der Waals surface area (Å²) < 4.78 is 11.1. The number of carbonyl (C=O) groups is 2. The van der Waals surface area contributed by atoms with Crippen LogP contribution in [0, 0.1) is 5.92 Å². The summed E-state index contributed by atoms with van der Waals surface area (Å²) in [5.41, 5.74) is 2.33. The molecule has 7 nitrogen and oxygen atoms in total. The molecule has 2 unspecified atom stereocenters. The second kappa shape index (κ2) is 9.98. The minimum atomic E-state index is -0.645. The number of rotatable bonds is 6. The Morgan fingerprint density at radius 3 is 2.26 bits per heavy atom. The van der Waals surface area contributed by atoms with Crippen molar-refractivity contribution in [1.82, 2.24) is 4.98 Å². The van der Waals surface area contributed by atoms with Gasteiger partial charge in [-0.25, -0.2) is 4.90 Å². The van der Waals surface area contributed by atoms with E-state index in [0.717, 1.165) is 27.3 Å². The number of nitrogens with zero attached hydrogens (tertiary/aromatic N) is 1. The van der Waals surface area contributed by atoms with Crippen LogP contribution in [-0.4, -0.2) is 29.2 Å². The molecule has 0 aliphatic carbocycles. The molecular formula is C28H21ClN2O5S2. The number of aromatic amines is 1. The summed E-state index contributed by atoms with van der Waals surface area (Å²) in [7, 11) is 1.56. The van der Waals surface area contributed by atoms with Gasteiger partial charge in [-0.3, -0.25) is 14.4 Å². The lowest BCUT2D eigenvalue weighted by Gasteiger charge is -2.29. The number of methoxy groups -OCH3 is 1. The maximum atomic E-state index is 13.8. The smallest absolute Gasteiger partial charge is 0.305 e. The molecule has 10 heteroatoms. The molecular weight excluding hydrogens is 544 g/mol. The van der Waals surface area contributed by atoms with E-state index in [0.29, 0.717) is 33.8 Å². The van der Waals surface area contributed by atoms with E-state index in [1.165, 1.54) is 16.7 Å². The molecule has 1 fully saturated rings. The molecule has 1 saturated heterocycles. The maximum Gasteiger partial charge on any atom is 0.305 e. The number of thioether (sulfide) groups is 1. The van der Waals surface area contributed by atoms with Gasteiger partial charge in [0.2, 0.25) is 11.8 Å². The lowest BCUT2D eigenvalue weighted by Crippen LogP contribution is -2.32. The Hall–Kier alpha value is -3.53. The van der Waals surface area contributed by atoms with E-state index in [-0.39, 0.29) is 16.7 Å².